The van der Waals surface area contributed by atoms with E-state index < -0.39 is 0 Å². The molecule has 0 radical (unpaired) electrons. The van der Waals surface area contributed by atoms with Crippen molar-refractivity contribution in [2.24, 2.45) is 0 Å². The zero-order chi connectivity index (χ0) is 33.5. The molecule has 0 bridgehead atoms. The van der Waals surface area contributed by atoms with Gasteiger partial charge in [-0.3, -0.25) is 0 Å². The number of hydrogen-bond acceptors (Lipinski definition) is 1. The second-order valence-electron chi connectivity index (χ2n) is 13.7. The van der Waals surface area contributed by atoms with Crippen LogP contribution in [0.5, 0.6) is 0 Å². The molecule has 2 heterocycles. The molecule has 0 aliphatic heterocycles. The molecule has 0 N–H and O–H groups in total. The number of nitrogens with zero attached hydrogens (tertiary/aromatic N) is 1. The third-order valence-electron chi connectivity index (χ3n) is 10.9. The molecule has 1 aliphatic rings. The quantitative estimate of drug-likeness (QED) is 0.186. The molecule has 10 aromatic rings. The molecule has 0 saturated heterocycles. The van der Waals surface area contributed by atoms with E-state index in [1.807, 2.05) is 12.1 Å². The van der Waals surface area contributed by atoms with Crippen LogP contribution in [-0.4, -0.2) is 4.57 Å². The first-order chi connectivity index (χ1) is 25.3. The molecular weight excluding hydrogens is 619 g/mol. The van der Waals surface area contributed by atoms with Gasteiger partial charge in [0, 0.05) is 33.2 Å². The highest BCUT2D eigenvalue weighted by molar-refractivity contribution is 6.10. The molecular formula is C49H31NO. The first kappa shape index (κ1) is 28.2. The summed E-state index contributed by atoms with van der Waals surface area (Å²) in [6.45, 7) is 0. The Labute approximate surface area is 295 Å². The van der Waals surface area contributed by atoms with Crippen LogP contribution in [0, 0.1) is 0 Å². The van der Waals surface area contributed by atoms with Gasteiger partial charge in [0.05, 0.1) is 11.0 Å². The van der Waals surface area contributed by atoms with Gasteiger partial charge in [-0.2, -0.15) is 0 Å². The average molecular weight is 650 g/mol. The van der Waals surface area contributed by atoms with Crippen LogP contribution in [0.2, 0.25) is 0 Å². The smallest absolute Gasteiger partial charge is 0.135 e. The third kappa shape index (κ3) is 4.30. The van der Waals surface area contributed by atoms with Crippen molar-refractivity contribution in [3.63, 3.8) is 0 Å². The van der Waals surface area contributed by atoms with Gasteiger partial charge in [0.1, 0.15) is 11.2 Å². The molecule has 2 heteroatoms. The SMILES string of the molecule is c1ccc(-n2c3ccccc3c3cc(-c4ccc5c(c4)-c4ccccc4C5c4cccc(-c5ccc6oc7ccccc7c6c5)c4)ccc32)cc1. The molecule has 1 atom stereocenters. The number of rotatable bonds is 4. The summed E-state index contributed by atoms with van der Waals surface area (Å²) >= 11 is 0. The Morgan fingerprint density at radius 2 is 1.02 bits per heavy atom. The first-order valence-electron chi connectivity index (χ1n) is 17.6. The van der Waals surface area contributed by atoms with Crippen LogP contribution in [-0.2, 0) is 0 Å². The maximum Gasteiger partial charge on any atom is 0.135 e. The lowest BCUT2D eigenvalue weighted by atomic mass is 9.87. The van der Waals surface area contributed by atoms with Gasteiger partial charge in [0.2, 0.25) is 0 Å². The summed E-state index contributed by atoms with van der Waals surface area (Å²) in [5.41, 5.74) is 17.0. The first-order valence-corrected chi connectivity index (χ1v) is 17.6. The van der Waals surface area contributed by atoms with Gasteiger partial charge in [-0.25, -0.2) is 0 Å². The van der Waals surface area contributed by atoms with Crippen LogP contribution >= 0.6 is 0 Å². The van der Waals surface area contributed by atoms with Gasteiger partial charge in [0.25, 0.3) is 0 Å². The monoisotopic (exact) mass is 649 g/mol. The molecule has 51 heavy (non-hydrogen) atoms. The van der Waals surface area contributed by atoms with E-state index in [9.17, 15) is 0 Å². The lowest BCUT2D eigenvalue weighted by molar-refractivity contribution is 0.669. The van der Waals surface area contributed by atoms with Crippen LogP contribution < -0.4 is 0 Å². The predicted molar refractivity (Wildman–Crippen MR) is 212 cm³/mol. The minimum atomic E-state index is 0.162. The Morgan fingerprint density at radius 3 is 1.94 bits per heavy atom. The number of hydrogen-bond donors (Lipinski definition) is 0. The van der Waals surface area contributed by atoms with Crippen molar-refractivity contribution in [2.45, 2.75) is 5.92 Å². The minimum absolute atomic E-state index is 0.162. The highest BCUT2D eigenvalue weighted by atomic mass is 16.3. The zero-order valence-electron chi connectivity index (χ0n) is 27.8. The summed E-state index contributed by atoms with van der Waals surface area (Å²) in [5.74, 6) is 0.162. The molecule has 238 valence electrons. The molecule has 0 amide bonds. The number of para-hydroxylation sites is 3. The van der Waals surface area contributed by atoms with Gasteiger partial charge >= 0.3 is 0 Å². The summed E-state index contributed by atoms with van der Waals surface area (Å²) in [6, 6.07) is 66.3. The highest BCUT2D eigenvalue weighted by Crippen LogP contribution is 2.50. The number of benzene rings is 8. The summed E-state index contributed by atoms with van der Waals surface area (Å²) in [5, 5.41) is 4.84. The largest absolute Gasteiger partial charge is 0.456 e. The van der Waals surface area contributed by atoms with Gasteiger partial charge in [-0.05, 0) is 105 Å². The van der Waals surface area contributed by atoms with Gasteiger partial charge < -0.3 is 8.98 Å². The second kappa shape index (κ2) is 10.9. The molecule has 0 fully saturated rings. The van der Waals surface area contributed by atoms with Crippen LogP contribution in [0.4, 0.5) is 0 Å². The minimum Gasteiger partial charge on any atom is -0.456 e. The fourth-order valence-corrected chi connectivity index (χ4v) is 8.55. The van der Waals surface area contributed by atoms with E-state index in [4.69, 9.17) is 4.42 Å². The Balaban J connectivity index is 1.02. The Hall–Kier alpha value is -6.64. The molecule has 8 aromatic carbocycles. The van der Waals surface area contributed by atoms with Crippen molar-refractivity contribution in [1.82, 2.24) is 4.57 Å². The van der Waals surface area contributed by atoms with E-state index in [2.05, 4.69) is 174 Å². The number of furan rings is 1. The number of aromatic nitrogens is 1. The van der Waals surface area contributed by atoms with Crippen molar-refractivity contribution >= 4 is 43.7 Å². The van der Waals surface area contributed by atoms with Crippen molar-refractivity contribution in [1.29, 1.82) is 0 Å². The lowest BCUT2D eigenvalue weighted by Gasteiger charge is -2.16. The van der Waals surface area contributed by atoms with Crippen LogP contribution in [0.15, 0.2) is 186 Å². The summed E-state index contributed by atoms with van der Waals surface area (Å²) in [6.07, 6.45) is 0. The van der Waals surface area contributed by atoms with Crippen LogP contribution in [0.1, 0.15) is 22.6 Å². The van der Waals surface area contributed by atoms with Gasteiger partial charge in [-0.15, -0.1) is 0 Å². The Kier molecular flexibility index (Phi) is 6.05. The summed E-state index contributed by atoms with van der Waals surface area (Å²) in [4.78, 5) is 0. The van der Waals surface area contributed by atoms with Crippen molar-refractivity contribution < 1.29 is 4.42 Å². The van der Waals surface area contributed by atoms with Crippen LogP contribution in [0.3, 0.4) is 0 Å². The Bertz CT molecular complexity index is 2980. The second-order valence-corrected chi connectivity index (χ2v) is 13.7. The fraction of sp³-hybridized carbons (Fsp3) is 0.0204. The van der Waals surface area contributed by atoms with E-state index in [1.165, 1.54) is 77.6 Å². The van der Waals surface area contributed by atoms with Gasteiger partial charge in [-0.1, -0.05) is 127 Å². The van der Waals surface area contributed by atoms with Crippen molar-refractivity contribution in [3.05, 3.63) is 199 Å². The summed E-state index contributed by atoms with van der Waals surface area (Å²) in [7, 11) is 0. The van der Waals surface area contributed by atoms with E-state index in [0.717, 1.165) is 21.9 Å². The van der Waals surface area contributed by atoms with Crippen molar-refractivity contribution in [2.75, 3.05) is 0 Å². The van der Waals surface area contributed by atoms with Crippen LogP contribution in [0.25, 0.3) is 82.8 Å². The topological polar surface area (TPSA) is 18.1 Å². The molecule has 1 aliphatic carbocycles. The lowest BCUT2D eigenvalue weighted by Crippen LogP contribution is -1.99. The molecule has 2 nitrogen and oxygen atoms in total. The molecule has 0 saturated carbocycles. The average Bonchev–Trinajstić information content (AvgIpc) is 3.85. The normalized spacial score (nSPS) is 13.7. The van der Waals surface area contributed by atoms with E-state index >= 15 is 0 Å². The molecule has 2 aromatic heterocycles. The zero-order valence-corrected chi connectivity index (χ0v) is 27.8. The maximum absolute atomic E-state index is 6.13. The predicted octanol–water partition coefficient (Wildman–Crippen LogP) is 13.2. The third-order valence-corrected chi connectivity index (χ3v) is 10.9. The molecule has 1 unspecified atom stereocenters. The van der Waals surface area contributed by atoms with Crippen molar-refractivity contribution in [3.8, 4) is 39.1 Å². The molecule has 11 rings (SSSR count). The number of fused-ring (bicyclic) bond motifs is 9. The highest BCUT2D eigenvalue weighted by Gasteiger charge is 2.30. The Morgan fingerprint density at radius 1 is 0.373 bits per heavy atom. The van der Waals surface area contributed by atoms with E-state index in [0.29, 0.717) is 0 Å². The molecule has 0 spiro atoms. The van der Waals surface area contributed by atoms with E-state index in [1.54, 1.807) is 0 Å². The van der Waals surface area contributed by atoms with Gasteiger partial charge in [0.15, 0.2) is 0 Å². The maximum atomic E-state index is 6.13. The van der Waals surface area contributed by atoms with E-state index in [-0.39, 0.29) is 5.92 Å². The summed E-state index contributed by atoms with van der Waals surface area (Å²) < 4.78 is 8.50. The fourth-order valence-electron chi connectivity index (χ4n) is 8.55. The standard InChI is InChI=1S/C49H31NO/c1-2-13-36(14-3-1)50-45-19-8-6-16-38(45)43-29-33(22-25-46(43)50)32-21-24-41-42(28-32)37-15-4-5-18-40(37)49(41)35-12-10-11-31(27-35)34-23-26-48-44(30-34)39-17-7-9-20-47(39)51-48/h1-30,49H.